The van der Waals surface area contributed by atoms with Gasteiger partial charge in [0, 0.05) is 10.3 Å². The van der Waals surface area contributed by atoms with Crippen molar-refractivity contribution in [1.29, 1.82) is 0 Å². The maximum Gasteiger partial charge on any atom is 0.348 e. The van der Waals surface area contributed by atoms with Gasteiger partial charge in [-0.25, -0.2) is 4.79 Å². The van der Waals surface area contributed by atoms with E-state index in [4.69, 9.17) is 5.73 Å². The van der Waals surface area contributed by atoms with E-state index in [1.807, 2.05) is 0 Å². The Hall–Kier alpha value is -1.03. The topological polar surface area (TPSA) is 63.3 Å². The first-order chi connectivity index (χ1) is 8.93. The lowest BCUT2D eigenvalue weighted by atomic mass is 9.78. The molecule has 3 nitrogen and oxygen atoms in total. The van der Waals surface area contributed by atoms with Gasteiger partial charge in [0.05, 0.1) is 5.69 Å². The van der Waals surface area contributed by atoms with Crippen molar-refractivity contribution in [3.05, 3.63) is 15.3 Å². The standard InChI is InChI=1S/C15H23NO2S/c1-4-15(7-5-6-8-15)13-10(9(2)3)11(16)12(19-13)14(17)18/h9H,4-8,16H2,1-3H3,(H,17,18). The van der Waals surface area contributed by atoms with Crippen LogP contribution in [0.25, 0.3) is 0 Å². The fourth-order valence-corrected chi connectivity index (χ4v) is 4.91. The van der Waals surface area contributed by atoms with Gasteiger partial charge in [-0.3, -0.25) is 0 Å². The third-order valence-corrected chi connectivity index (χ3v) is 5.93. The van der Waals surface area contributed by atoms with E-state index in [1.165, 1.54) is 41.9 Å². The van der Waals surface area contributed by atoms with Crippen LogP contribution in [0.3, 0.4) is 0 Å². The zero-order valence-corrected chi connectivity index (χ0v) is 12.8. The molecule has 0 atom stereocenters. The number of carboxylic acids is 1. The van der Waals surface area contributed by atoms with Gasteiger partial charge in [-0.05, 0) is 30.7 Å². The zero-order valence-electron chi connectivity index (χ0n) is 12.0. The van der Waals surface area contributed by atoms with E-state index in [-0.39, 0.29) is 11.3 Å². The molecular formula is C15H23NO2S. The van der Waals surface area contributed by atoms with Crippen molar-refractivity contribution in [2.24, 2.45) is 0 Å². The van der Waals surface area contributed by atoms with Gasteiger partial charge in [0.2, 0.25) is 0 Å². The normalized spacial score (nSPS) is 18.1. The van der Waals surface area contributed by atoms with Gasteiger partial charge in [0.25, 0.3) is 0 Å². The molecule has 1 aromatic rings. The number of hydrogen-bond donors (Lipinski definition) is 2. The van der Waals surface area contributed by atoms with Gasteiger partial charge in [0.15, 0.2) is 0 Å². The average Bonchev–Trinajstić information content (AvgIpc) is 2.93. The first kappa shape index (κ1) is 14.4. The Labute approximate surface area is 118 Å². The second kappa shape index (κ2) is 5.16. The summed E-state index contributed by atoms with van der Waals surface area (Å²) in [5.74, 6) is -0.608. The summed E-state index contributed by atoms with van der Waals surface area (Å²) in [7, 11) is 0. The zero-order chi connectivity index (χ0) is 14.2. The molecule has 0 radical (unpaired) electrons. The molecule has 0 aliphatic heterocycles. The third kappa shape index (κ3) is 2.27. The predicted octanol–water partition coefficient (Wildman–Crippen LogP) is 4.37. The first-order valence-corrected chi connectivity index (χ1v) is 7.90. The summed E-state index contributed by atoms with van der Waals surface area (Å²) < 4.78 is 0. The first-order valence-electron chi connectivity index (χ1n) is 7.09. The van der Waals surface area contributed by atoms with Crippen LogP contribution in [0.5, 0.6) is 0 Å². The minimum Gasteiger partial charge on any atom is -0.477 e. The van der Waals surface area contributed by atoms with Gasteiger partial charge in [-0.15, -0.1) is 11.3 Å². The number of carbonyl (C=O) groups is 1. The number of nitrogen functional groups attached to an aromatic ring is 1. The monoisotopic (exact) mass is 281 g/mol. The Bertz CT molecular complexity index is 485. The minimum absolute atomic E-state index is 0.173. The number of hydrogen-bond acceptors (Lipinski definition) is 3. The highest BCUT2D eigenvalue weighted by molar-refractivity contribution is 7.15. The molecule has 1 fully saturated rings. The van der Waals surface area contributed by atoms with E-state index in [9.17, 15) is 9.90 Å². The van der Waals surface area contributed by atoms with Crippen molar-refractivity contribution < 1.29 is 9.90 Å². The number of anilines is 1. The Morgan fingerprint density at radius 1 is 1.42 bits per heavy atom. The Balaban J connectivity index is 2.61. The van der Waals surface area contributed by atoms with Gasteiger partial charge < -0.3 is 10.8 Å². The van der Waals surface area contributed by atoms with Crippen LogP contribution in [0.4, 0.5) is 5.69 Å². The van der Waals surface area contributed by atoms with Crippen LogP contribution in [0.2, 0.25) is 0 Å². The van der Waals surface area contributed by atoms with Crippen LogP contribution in [-0.4, -0.2) is 11.1 Å². The van der Waals surface area contributed by atoms with Crippen molar-refractivity contribution in [2.45, 2.75) is 64.2 Å². The molecule has 1 saturated carbocycles. The van der Waals surface area contributed by atoms with Gasteiger partial charge in [-0.2, -0.15) is 0 Å². The summed E-state index contributed by atoms with van der Waals surface area (Å²) >= 11 is 1.42. The molecule has 2 rings (SSSR count). The van der Waals surface area contributed by atoms with Crippen LogP contribution in [0.15, 0.2) is 0 Å². The maximum absolute atomic E-state index is 11.3. The van der Waals surface area contributed by atoms with E-state index in [0.717, 1.165) is 12.0 Å². The van der Waals surface area contributed by atoms with Crippen molar-refractivity contribution in [2.75, 3.05) is 5.73 Å². The van der Waals surface area contributed by atoms with E-state index < -0.39 is 5.97 Å². The highest BCUT2D eigenvalue weighted by Gasteiger charge is 2.39. The van der Waals surface area contributed by atoms with Gasteiger partial charge in [-0.1, -0.05) is 33.6 Å². The molecule has 0 bridgehead atoms. The molecule has 1 heterocycles. The number of aromatic carboxylic acids is 1. The summed E-state index contributed by atoms with van der Waals surface area (Å²) in [5.41, 5.74) is 7.88. The molecule has 0 unspecified atom stereocenters. The molecule has 19 heavy (non-hydrogen) atoms. The smallest absolute Gasteiger partial charge is 0.348 e. The molecule has 0 amide bonds. The number of carboxylic acid groups (broad SMARTS) is 1. The highest BCUT2D eigenvalue weighted by atomic mass is 32.1. The SMILES string of the molecule is CCC1(c2sc(C(=O)O)c(N)c2C(C)C)CCCC1. The van der Waals surface area contributed by atoms with Crippen molar-refractivity contribution >= 4 is 23.0 Å². The fourth-order valence-electron chi connectivity index (χ4n) is 3.38. The number of thiophene rings is 1. The largest absolute Gasteiger partial charge is 0.477 e. The van der Waals surface area contributed by atoms with E-state index >= 15 is 0 Å². The molecule has 0 spiro atoms. The van der Waals surface area contributed by atoms with Crippen LogP contribution < -0.4 is 5.73 Å². The lowest BCUT2D eigenvalue weighted by molar-refractivity contribution is 0.0703. The van der Waals surface area contributed by atoms with Crippen molar-refractivity contribution in [3.8, 4) is 0 Å². The van der Waals surface area contributed by atoms with Crippen LogP contribution in [0.1, 0.15) is 78.9 Å². The highest BCUT2D eigenvalue weighted by Crippen LogP contribution is 2.51. The Morgan fingerprint density at radius 3 is 2.42 bits per heavy atom. The molecule has 4 heteroatoms. The molecule has 106 valence electrons. The van der Waals surface area contributed by atoms with E-state index in [1.54, 1.807) is 0 Å². The molecule has 0 aromatic carbocycles. The summed E-state index contributed by atoms with van der Waals surface area (Å²) in [6.45, 7) is 6.42. The molecule has 1 aliphatic rings. The maximum atomic E-state index is 11.3. The lowest BCUT2D eigenvalue weighted by Gasteiger charge is -2.29. The van der Waals surface area contributed by atoms with Gasteiger partial charge >= 0.3 is 5.97 Å². The number of nitrogens with two attached hydrogens (primary N) is 1. The average molecular weight is 281 g/mol. The van der Waals surface area contributed by atoms with Crippen molar-refractivity contribution in [3.63, 3.8) is 0 Å². The number of rotatable bonds is 4. The minimum atomic E-state index is -0.889. The van der Waals surface area contributed by atoms with E-state index in [0.29, 0.717) is 10.6 Å². The summed E-state index contributed by atoms with van der Waals surface area (Å²) in [6, 6.07) is 0. The molecule has 1 aliphatic carbocycles. The fraction of sp³-hybridized carbons (Fsp3) is 0.667. The van der Waals surface area contributed by atoms with Crippen LogP contribution >= 0.6 is 11.3 Å². The molecular weight excluding hydrogens is 258 g/mol. The van der Waals surface area contributed by atoms with Gasteiger partial charge in [0.1, 0.15) is 4.88 Å². The van der Waals surface area contributed by atoms with E-state index in [2.05, 4.69) is 20.8 Å². The molecule has 1 aromatic heterocycles. The van der Waals surface area contributed by atoms with Crippen LogP contribution in [-0.2, 0) is 5.41 Å². The summed E-state index contributed by atoms with van der Waals surface area (Å²) in [6.07, 6.45) is 5.90. The Kier molecular flexibility index (Phi) is 3.90. The second-order valence-electron chi connectivity index (χ2n) is 5.89. The lowest BCUT2D eigenvalue weighted by Crippen LogP contribution is -2.21. The van der Waals surface area contributed by atoms with Crippen molar-refractivity contribution in [1.82, 2.24) is 0 Å². The third-order valence-electron chi connectivity index (χ3n) is 4.47. The molecule has 3 N–H and O–H groups in total. The van der Waals surface area contributed by atoms with Crippen LogP contribution in [0, 0.1) is 0 Å². The molecule has 0 saturated heterocycles. The second-order valence-corrected chi connectivity index (χ2v) is 6.91. The quantitative estimate of drug-likeness (QED) is 0.861. The summed E-state index contributed by atoms with van der Waals surface area (Å²) in [4.78, 5) is 12.9. The predicted molar refractivity (Wildman–Crippen MR) is 80.2 cm³/mol. The summed E-state index contributed by atoms with van der Waals surface area (Å²) in [5, 5.41) is 9.32. The Morgan fingerprint density at radius 2 is 2.00 bits per heavy atom.